The van der Waals surface area contributed by atoms with E-state index in [0.29, 0.717) is 22.0 Å². The quantitative estimate of drug-likeness (QED) is 0.656. The lowest BCUT2D eigenvalue weighted by Gasteiger charge is -2.30. The number of carbonyl (C=O) groups excluding carboxylic acids is 1. The minimum Gasteiger partial charge on any atom is -0.490 e. The van der Waals surface area contributed by atoms with Crippen LogP contribution in [0.2, 0.25) is 5.02 Å². The molecule has 0 atom stereocenters. The topological polar surface area (TPSA) is 79.0 Å². The van der Waals surface area contributed by atoms with Crippen molar-refractivity contribution in [1.82, 2.24) is 10.3 Å². The number of ether oxygens (including phenoxy) is 1. The number of halogens is 1. The molecule has 2 fully saturated rings. The molecule has 1 aliphatic carbocycles. The molecule has 2 N–H and O–H groups in total. The lowest BCUT2D eigenvalue weighted by atomic mass is 9.92. The fourth-order valence-electron chi connectivity index (χ4n) is 4.24. The molecule has 2 heterocycles. The molecule has 1 saturated carbocycles. The number of piperidine rings is 1. The maximum absolute atomic E-state index is 12.6. The Labute approximate surface area is 193 Å². The van der Waals surface area contributed by atoms with E-state index in [1.165, 1.54) is 0 Å². The summed E-state index contributed by atoms with van der Waals surface area (Å²) in [6, 6.07) is 8.93. The second-order valence-electron chi connectivity index (χ2n) is 8.41. The van der Waals surface area contributed by atoms with Crippen LogP contribution in [0.15, 0.2) is 36.5 Å². The molecule has 0 spiro atoms. The number of anilines is 1. The molecule has 1 amide bonds. The maximum atomic E-state index is 12.6. The molecule has 1 saturated heterocycles. The molecule has 0 bridgehead atoms. The molecule has 2 aromatic rings. The van der Waals surface area contributed by atoms with Crippen molar-refractivity contribution in [2.75, 3.05) is 18.0 Å². The highest BCUT2D eigenvalue weighted by molar-refractivity contribution is 6.33. The van der Waals surface area contributed by atoms with Crippen molar-refractivity contribution < 1.29 is 14.6 Å². The SMILES string of the molecule is [C-]#[N+]c1ccc(OC2CCC(NC(=O)c3ccc(N4CCC(O)CC4)nc3)CC2)cc1Cl. The molecule has 1 aromatic heterocycles. The predicted molar refractivity (Wildman–Crippen MR) is 124 cm³/mol. The molecular weight excluding hydrogens is 428 g/mol. The van der Waals surface area contributed by atoms with Crippen LogP contribution in [0.4, 0.5) is 11.5 Å². The summed E-state index contributed by atoms with van der Waals surface area (Å²) in [6.07, 6.45) is 6.32. The molecule has 1 aliphatic heterocycles. The first kappa shape index (κ1) is 22.4. The zero-order chi connectivity index (χ0) is 22.5. The minimum atomic E-state index is -0.222. The van der Waals surface area contributed by atoms with E-state index in [2.05, 4.69) is 20.0 Å². The summed E-state index contributed by atoms with van der Waals surface area (Å²) in [5.41, 5.74) is 0.974. The molecule has 0 unspecified atom stereocenters. The average Bonchev–Trinajstić information content (AvgIpc) is 2.81. The molecule has 8 heteroatoms. The van der Waals surface area contributed by atoms with Gasteiger partial charge in [0.05, 0.1) is 29.4 Å². The zero-order valence-electron chi connectivity index (χ0n) is 17.8. The lowest BCUT2D eigenvalue weighted by Crippen LogP contribution is -2.39. The Balaban J connectivity index is 1.24. The number of pyridine rings is 1. The van der Waals surface area contributed by atoms with E-state index < -0.39 is 0 Å². The van der Waals surface area contributed by atoms with Crippen LogP contribution in [-0.2, 0) is 0 Å². The van der Waals surface area contributed by atoms with Gasteiger partial charge in [-0.2, -0.15) is 0 Å². The van der Waals surface area contributed by atoms with E-state index in [4.69, 9.17) is 22.9 Å². The maximum Gasteiger partial charge on any atom is 0.253 e. The number of aliphatic hydroxyl groups excluding tert-OH is 1. The first-order chi connectivity index (χ1) is 15.5. The van der Waals surface area contributed by atoms with Crippen LogP contribution in [0.1, 0.15) is 48.9 Å². The first-order valence-corrected chi connectivity index (χ1v) is 11.4. The molecule has 4 rings (SSSR count). The fraction of sp³-hybridized carbons (Fsp3) is 0.458. The second kappa shape index (κ2) is 10.2. The van der Waals surface area contributed by atoms with E-state index >= 15 is 0 Å². The van der Waals surface area contributed by atoms with Gasteiger partial charge in [-0.3, -0.25) is 4.79 Å². The third kappa shape index (κ3) is 5.50. The molecule has 32 heavy (non-hydrogen) atoms. The van der Waals surface area contributed by atoms with Gasteiger partial charge in [-0.15, -0.1) is 0 Å². The summed E-state index contributed by atoms with van der Waals surface area (Å²) in [7, 11) is 0. The predicted octanol–water partition coefficient (Wildman–Crippen LogP) is 4.37. The Bertz CT molecular complexity index is 976. The van der Waals surface area contributed by atoms with Crippen LogP contribution in [0.5, 0.6) is 5.75 Å². The standard InChI is InChI=1S/C24H27ClN4O3/c1-26-22-8-7-20(14-21(22)25)32-19-5-3-17(4-6-19)28-24(31)16-2-9-23(27-15-16)29-12-10-18(30)11-13-29/h2,7-9,14-15,17-19,30H,3-6,10-13H2,(H,28,31). The molecule has 0 radical (unpaired) electrons. The van der Waals surface area contributed by atoms with Crippen LogP contribution < -0.4 is 15.0 Å². The van der Waals surface area contributed by atoms with Crippen molar-refractivity contribution in [2.24, 2.45) is 0 Å². The Morgan fingerprint density at radius 1 is 1.16 bits per heavy atom. The molecule has 1 aromatic carbocycles. The number of aromatic nitrogens is 1. The molecule has 2 aliphatic rings. The highest BCUT2D eigenvalue weighted by Crippen LogP contribution is 2.31. The number of hydrogen-bond acceptors (Lipinski definition) is 5. The van der Waals surface area contributed by atoms with E-state index in [9.17, 15) is 9.90 Å². The monoisotopic (exact) mass is 454 g/mol. The molecular formula is C24H27ClN4O3. The fourth-order valence-corrected chi connectivity index (χ4v) is 4.45. The number of rotatable bonds is 5. The summed E-state index contributed by atoms with van der Waals surface area (Å²) in [4.78, 5) is 22.6. The van der Waals surface area contributed by atoms with Gasteiger partial charge in [-0.25, -0.2) is 9.83 Å². The Kier molecular flexibility index (Phi) is 7.13. The minimum absolute atomic E-state index is 0.0713. The summed E-state index contributed by atoms with van der Waals surface area (Å²) in [5.74, 6) is 1.41. The van der Waals surface area contributed by atoms with Crippen molar-refractivity contribution >= 4 is 29.0 Å². The highest BCUT2D eigenvalue weighted by atomic mass is 35.5. The Morgan fingerprint density at radius 3 is 2.53 bits per heavy atom. The van der Waals surface area contributed by atoms with Crippen molar-refractivity contribution in [3.05, 3.63) is 58.5 Å². The summed E-state index contributed by atoms with van der Waals surface area (Å²) >= 11 is 6.09. The van der Waals surface area contributed by atoms with E-state index in [-0.39, 0.29) is 24.2 Å². The van der Waals surface area contributed by atoms with E-state index in [1.54, 1.807) is 24.4 Å². The van der Waals surface area contributed by atoms with Gasteiger partial charge in [0, 0.05) is 25.3 Å². The number of carbonyl (C=O) groups is 1. The number of nitrogens with zero attached hydrogens (tertiary/aromatic N) is 3. The smallest absolute Gasteiger partial charge is 0.253 e. The Hall–Kier alpha value is -2.82. The molecule has 7 nitrogen and oxygen atoms in total. The second-order valence-corrected chi connectivity index (χ2v) is 8.82. The third-order valence-electron chi connectivity index (χ3n) is 6.15. The van der Waals surface area contributed by atoms with Crippen LogP contribution in [0.3, 0.4) is 0 Å². The first-order valence-electron chi connectivity index (χ1n) is 11.1. The Morgan fingerprint density at radius 2 is 1.91 bits per heavy atom. The summed E-state index contributed by atoms with van der Waals surface area (Å²) < 4.78 is 6.02. The van der Waals surface area contributed by atoms with Gasteiger partial charge in [0.15, 0.2) is 0 Å². The van der Waals surface area contributed by atoms with Gasteiger partial charge < -0.3 is 20.1 Å². The van der Waals surface area contributed by atoms with Crippen molar-refractivity contribution in [3.8, 4) is 5.75 Å². The van der Waals surface area contributed by atoms with Crippen LogP contribution in [0, 0.1) is 6.57 Å². The van der Waals surface area contributed by atoms with Gasteiger partial charge >= 0.3 is 0 Å². The van der Waals surface area contributed by atoms with Gasteiger partial charge in [-0.05, 0) is 62.8 Å². The van der Waals surface area contributed by atoms with Gasteiger partial charge in [-0.1, -0.05) is 17.7 Å². The summed E-state index contributed by atoms with van der Waals surface area (Å²) in [5, 5.41) is 13.2. The largest absolute Gasteiger partial charge is 0.490 e. The lowest BCUT2D eigenvalue weighted by molar-refractivity contribution is 0.0893. The number of amides is 1. The van der Waals surface area contributed by atoms with Gasteiger partial charge in [0.25, 0.3) is 5.91 Å². The van der Waals surface area contributed by atoms with Gasteiger partial charge in [0.2, 0.25) is 5.69 Å². The van der Waals surface area contributed by atoms with Crippen molar-refractivity contribution in [3.63, 3.8) is 0 Å². The van der Waals surface area contributed by atoms with Crippen LogP contribution >= 0.6 is 11.6 Å². The number of nitrogens with one attached hydrogen (secondary N) is 1. The van der Waals surface area contributed by atoms with Crippen molar-refractivity contribution in [2.45, 2.75) is 56.8 Å². The van der Waals surface area contributed by atoms with Gasteiger partial charge in [0.1, 0.15) is 11.6 Å². The number of aliphatic hydroxyl groups is 1. The highest BCUT2D eigenvalue weighted by Gasteiger charge is 2.24. The van der Waals surface area contributed by atoms with E-state index in [0.717, 1.165) is 57.4 Å². The average molecular weight is 455 g/mol. The number of benzene rings is 1. The summed E-state index contributed by atoms with van der Waals surface area (Å²) in [6.45, 7) is 8.62. The van der Waals surface area contributed by atoms with Crippen LogP contribution in [0.25, 0.3) is 4.85 Å². The molecule has 168 valence electrons. The van der Waals surface area contributed by atoms with E-state index in [1.807, 2.05) is 12.1 Å². The van der Waals surface area contributed by atoms with Crippen LogP contribution in [-0.4, -0.2) is 47.3 Å². The zero-order valence-corrected chi connectivity index (χ0v) is 18.6. The third-order valence-corrected chi connectivity index (χ3v) is 6.45. The van der Waals surface area contributed by atoms with Crippen molar-refractivity contribution in [1.29, 1.82) is 0 Å². The normalized spacial score (nSPS) is 21.6. The number of hydrogen-bond donors (Lipinski definition) is 2.